The van der Waals surface area contributed by atoms with E-state index in [1.54, 1.807) is 0 Å². The Morgan fingerprint density at radius 3 is 2.65 bits per heavy atom. The van der Waals surface area contributed by atoms with Gasteiger partial charge in [0.2, 0.25) is 0 Å². The van der Waals surface area contributed by atoms with Gasteiger partial charge in [-0.3, -0.25) is 14.9 Å². The minimum Gasteiger partial charge on any atom is -0.491 e. The van der Waals surface area contributed by atoms with E-state index in [-0.39, 0.29) is 35.0 Å². The van der Waals surface area contributed by atoms with Gasteiger partial charge in [0.15, 0.2) is 0 Å². The third-order valence-electron chi connectivity index (χ3n) is 4.23. The van der Waals surface area contributed by atoms with Crippen molar-refractivity contribution in [3.63, 3.8) is 0 Å². The third-order valence-corrected chi connectivity index (χ3v) is 4.23. The van der Waals surface area contributed by atoms with Crippen molar-refractivity contribution in [2.45, 2.75) is 19.5 Å². The molecule has 8 nitrogen and oxygen atoms in total. The number of imidazole rings is 1. The van der Waals surface area contributed by atoms with E-state index in [2.05, 4.69) is 10.3 Å². The van der Waals surface area contributed by atoms with Crippen LogP contribution in [0.1, 0.15) is 29.3 Å². The number of rotatable bonds is 7. The Kier molecular flexibility index (Phi) is 6.23. The smallest absolute Gasteiger partial charge is 0.416 e. The molecule has 0 saturated carbocycles. The van der Waals surface area contributed by atoms with Crippen LogP contribution in [0.15, 0.2) is 55.1 Å². The topological polar surface area (TPSA) is 99.3 Å². The third kappa shape index (κ3) is 5.00. The normalized spacial score (nSPS) is 11.2. The maximum atomic E-state index is 13.1. The maximum Gasteiger partial charge on any atom is 0.416 e. The highest BCUT2D eigenvalue weighted by Crippen LogP contribution is 2.35. The monoisotopic (exact) mass is 434 g/mol. The average Bonchev–Trinajstić information content (AvgIpc) is 3.26. The number of hydrogen-bond acceptors (Lipinski definition) is 5. The van der Waals surface area contributed by atoms with E-state index in [1.165, 1.54) is 35.4 Å². The summed E-state index contributed by atoms with van der Waals surface area (Å²) in [6, 6.07) is 6.47. The van der Waals surface area contributed by atoms with Gasteiger partial charge in [0.1, 0.15) is 11.4 Å². The Morgan fingerprint density at radius 1 is 1.26 bits per heavy atom. The summed E-state index contributed by atoms with van der Waals surface area (Å²) < 4.78 is 46.1. The van der Waals surface area contributed by atoms with Gasteiger partial charge in [0.25, 0.3) is 11.6 Å². The van der Waals surface area contributed by atoms with Gasteiger partial charge in [-0.15, -0.1) is 0 Å². The summed E-state index contributed by atoms with van der Waals surface area (Å²) >= 11 is 0. The molecular weight excluding hydrogens is 417 g/mol. The number of anilines is 1. The number of carbonyl (C=O) groups excluding carboxylic acids is 1. The Hall–Kier alpha value is -3.89. The second kappa shape index (κ2) is 8.86. The number of nitrogens with zero attached hydrogens (tertiary/aromatic N) is 3. The molecule has 31 heavy (non-hydrogen) atoms. The molecule has 3 rings (SSSR count). The van der Waals surface area contributed by atoms with Gasteiger partial charge < -0.3 is 14.6 Å². The first kappa shape index (κ1) is 21.8. The lowest BCUT2D eigenvalue weighted by Crippen LogP contribution is -2.15. The van der Waals surface area contributed by atoms with Gasteiger partial charge in [-0.25, -0.2) is 4.98 Å². The molecule has 3 aromatic rings. The number of nitro groups is 1. The lowest BCUT2D eigenvalue weighted by atomic mass is 10.1. The summed E-state index contributed by atoms with van der Waals surface area (Å²) in [5, 5.41) is 13.8. The second-order valence-corrected chi connectivity index (χ2v) is 6.44. The van der Waals surface area contributed by atoms with Crippen LogP contribution in [0.3, 0.4) is 0 Å². The van der Waals surface area contributed by atoms with Crippen LogP contribution in [-0.2, 0) is 6.18 Å². The molecule has 0 bridgehead atoms. The van der Waals surface area contributed by atoms with E-state index in [0.29, 0.717) is 6.42 Å². The van der Waals surface area contributed by atoms with E-state index >= 15 is 0 Å². The predicted molar refractivity (Wildman–Crippen MR) is 105 cm³/mol. The lowest BCUT2D eigenvalue weighted by Gasteiger charge is -2.15. The SMILES string of the molecule is CCCOc1ccc(C(F)(F)F)cc1NC(=O)c1ccc(-n2ccnc2)c([N+](=O)[O-])c1. The molecule has 0 radical (unpaired) electrons. The molecule has 0 unspecified atom stereocenters. The maximum absolute atomic E-state index is 13.1. The molecule has 0 aliphatic heterocycles. The summed E-state index contributed by atoms with van der Waals surface area (Å²) in [5.74, 6) is -0.756. The van der Waals surface area contributed by atoms with Crippen molar-refractivity contribution in [2.75, 3.05) is 11.9 Å². The van der Waals surface area contributed by atoms with E-state index in [1.807, 2.05) is 6.92 Å². The predicted octanol–water partition coefficient (Wildman–Crippen LogP) is 4.84. The van der Waals surface area contributed by atoms with Crippen molar-refractivity contribution in [3.8, 4) is 11.4 Å². The number of amides is 1. The fraction of sp³-hybridized carbons (Fsp3) is 0.200. The first-order chi connectivity index (χ1) is 14.7. The number of carbonyl (C=O) groups is 1. The van der Waals surface area contributed by atoms with Crippen molar-refractivity contribution >= 4 is 17.3 Å². The molecular formula is C20H17F3N4O4. The van der Waals surface area contributed by atoms with E-state index in [4.69, 9.17) is 4.74 Å². The quantitative estimate of drug-likeness (QED) is 0.424. The summed E-state index contributed by atoms with van der Waals surface area (Å²) in [5.41, 5.74) is -1.43. The number of nitrogens with one attached hydrogen (secondary N) is 1. The number of ether oxygens (including phenoxy) is 1. The first-order valence-electron chi connectivity index (χ1n) is 9.13. The van der Waals surface area contributed by atoms with Crippen LogP contribution in [-0.4, -0.2) is 27.0 Å². The zero-order valence-electron chi connectivity index (χ0n) is 16.2. The number of hydrogen-bond donors (Lipinski definition) is 1. The number of alkyl halides is 3. The molecule has 2 aromatic carbocycles. The van der Waals surface area contributed by atoms with Gasteiger partial charge in [-0.1, -0.05) is 6.92 Å². The molecule has 0 aliphatic rings. The molecule has 0 aliphatic carbocycles. The molecule has 11 heteroatoms. The largest absolute Gasteiger partial charge is 0.491 e. The summed E-state index contributed by atoms with van der Waals surface area (Å²) in [7, 11) is 0. The van der Waals surface area contributed by atoms with Crippen LogP contribution < -0.4 is 10.1 Å². The summed E-state index contributed by atoms with van der Waals surface area (Å²) in [6.45, 7) is 2.06. The number of aromatic nitrogens is 2. The van der Waals surface area contributed by atoms with E-state index < -0.39 is 22.6 Å². The van der Waals surface area contributed by atoms with Gasteiger partial charge in [0.05, 0.1) is 29.1 Å². The molecule has 1 amide bonds. The van der Waals surface area contributed by atoms with Gasteiger partial charge in [-0.2, -0.15) is 13.2 Å². The minimum absolute atomic E-state index is 0.0627. The van der Waals surface area contributed by atoms with E-state index in [9.17, 15) is 28.1 Å². The Bertz CT molecular complexity index is 1100. The van der Waals surface area contributed by atoms with Crippen molar-refractivity contribution in [3.05, 3.63) is 76.4 Å². The second-order valence-electron chi connectivity index (χ2n) is 6.44. The van der Waals surface area contributed by atoms with Crippen molar-refractivity contribution in [2.24, 2.45) is 0 Å². The summed E-state index contributed by atoms with van der Waals surface area (Å²) in [6.07, 6.45) is 0.296. The van der Waals surface area contributed by atoms with Crippen LogP contribution in [0.25, 0.3) is 5.69 Å². The fourth-order valence-corrected chi connectivity index (χ4v) is 2.77. The highest BCUT2D eigenvalue weighted by Gasteiger charge is 2.31. The van der Waals surface area contributed by atoms with E-state index in [0.717, 1.165) is 24.3 Å². The van der Waals surface area contributed by atoms with Crippen molar-refractivity contribution in [1.82, 2.24) is 9.55 Å². The van der Waals surface area contributed by atoms with Crippen LogP contribution in [0.4, 0.5) is 24.5 Å². The van der Waals surface area contributed by atoms with Crippen LogP contribution >= 0.6 is 0 Å². The molecule has 1 heterocycles. The molecule has 0 spiro atoms. The number of nitro benzene ring substituents is 1. The van der Waals surface area contributed by atoms with Crippen LogP contribution in [0.5, 0.6) is 5.75 Å². The molecule has 1 aromatic heterocycles. The molecule has 162 valence electrons. The standard InChI is InChI=1S/C20H17F3N4O4/c1-2-9-31-18-6-4-14(20(21,22)23)11-15(18)25-19(28)13-3-5-16(17(10-13)27(29)30)26-8-7-24-12-26/h3-8,10-12H,2,9H2,1H3,(H,25,28). The fourth-order valence-electron chi connectivity index (χ4n) is 2.77. The number of halogens is 3. The zero-order chi connectivity index (χ0) is 22.6. The Morgan fingerprint density at radius 2 is 2.03 bits per heavy atom. The molecule has 0 fully saturated rings. The van der Waals surface area contributed by atoms with Gasteiger partial charge in [0, 0.05) is 24.0 Å². The lowest BCUT2D eigenvalue weighted by molar-refractivity contribution is -0.384. The van der Waals surface area contributed by atoms with Crippen LogP contribution in [0.2, 0.25) is 0 Å². The van der Waals surface area contributed by atoms with Crippen LogP contribution in [0, 0.1) is 10.1 Å². The van der Waals surface area contributed by atoms with Gasteiger partial charge in [-0.05, 0) is 36.8 Å². The van der Waals surface area contributed by atoms with Crippen molar-refractivity contribution < 1.29 is 27.6 Å². The minimum atomic E-state index is -4.62. The Labute approximate surface area is 174 Å². The number of benzene rings is 2. The molecule has 0 atom stereocenters. The Balaban J connectivity index is 1.95. The molecule has 0 saturated heterocycles. The van der Waals surface area contributed by atoms with Crippen molar-refractivity contribution in [1.29, 1.82) is 0 Å². The summed E-state index contributed by atoms with van der Waals surface area (Å²) in [4.78, 5) is 27.3. The highest BCUT2D eigenvalue weighted by molar-refractivity contribution is 6.05. The zero-order valence-corrected chi connectivity index (χ0v) is 16.2. The van der Waals surface area contributed by atoms with Gasteiger partial charge >= 0.3 is 6.18 Å². The average molecular weight is 434 g/mol. The molecule has 1 N–H and O–H groups in total. The highest BCUT2D eigenvalue weighted by atomic mass is 19.4. The first-order valence-corrected chi connectivity index (χ1v) is 9.13.